The lowest BCUT2D eigenvalue weighted by Gasteiger charge is -2.09. The number of rotatable bonds is 5. The van der Waals surface area contributed by atoms with Crippen molar-refractivity contribution in [2.45, 2.75) is 13.5 Å². The molecule has 0 aliphatic carbocycles. The molecule has 0 aliphatic heterocycles. The Balaban J connectivity index is 1.73. The Bertz CT molecular complexity index is 1070. The highest BCUT2D eigenvalue weighted by molar-refractivity contribution is 5.95. The number of hydrogen-bond donors (Lipinski definition) is 2. The van der Waals surface area contributed by atoms with E-state index in [2.05, 4.69) is 37.4 Å². The van der Waals surface area contributed by atoms with Gasteiger partial charge in [0, 0.05) is 17.7 Å². The molecule has 0 fully saturated rings. The van der Waals surface area contributed by atoms with E-state index in [1.165, 1.54) is 0 Å². The molecule has 2 N–H and O–H groups in total. The Kier molecular flexibility index (Phi) is 4.15. The van der Waals surface area contributed by atoms with Gasteiger partial charge >= 0.3 is 0 Å². The Morgan fingerprint density at radius 3 is 2.73 bits per heavy atom. The molecule has 2 aromatic heterocycles. The molecule has 26 heavy (non-hydrogen) atoms. The van der Waals surface area contributed by atoms with Crippen LogP contribution in [0.4, 0.5) is 5.82 Å². The zero-order chi connectivity index (χ0) is 17.9. The molecule has 2 heterocycles. The molecule has 4 aromatic rings. The standard InChI is InChI=1S/C20H17N5O/c1-13(26)15-8-5-9-16(10-15)18-24-19(17-20(25-18)23-12-22-17)21-11-14-6-3-2-4-7-14/h2-10,12H,11H2,1H3,(H2,21,22,23,24,25). The van der Waals surface area contributed by atoms with Crippen molar-refractivity contribution in [2.75, 3.05) is 5.32 Å². The van der Waals surface area contributed by atoms with Gasteiger partial charge in [-0.15, -0.1) is 0 Å². The van der Waals surface area contributed by atoms with Crippen LogP contribution in [0.25, 0.3) is 22.6 Å². The van der Waals surface area contributed by atoms with Crippen LogP contribution in [0.3, 0.4) is 0 Å². The van der Waals surface area contributed by atoms with Gasteiger partial charge in [0.05, 0.1) is 6.33 Å². The molecule has 0 amide bonds. The summed E-state index contributed by atoms with van der Waals surface area (Å²) in [6.07, 6.45) is 1.60. The maximum atomic E-state index is 11.7. The quantitative estimate of drug-likeness (QED) is 0.538. The number of anilines is 1. The van der Waals surface area contributed by atoms with Crippen molar-refractivity contribution >= 4 is 22.8 Å². The van der Waals surface area contributed by atoms with Gasteiger partial charge in [-0.25, -0.2) is 15.0 Å². The van der Waals surface area contributed by atoms with Crippen LogP contribution in [-0.2, 0) is 6.54 Å². The average molecular weight is 343 g/mol. The highest BCUT2D eigenvalue weighted by Gasteiger charge is 2.12. The number of aromatic nitrogens is 4. The summed E-state index contributed by atoms with van der Waals surface area (Å²) in [5.41, 5.74) is 3.91. The first-order chi connectivity index (χ1) is 12.7. The smallest absolute Gasteiger partial charge is 0.183 e. The largest absolute Gasteiger partial charge is 0.364 e. The van der Waals surface area contributed by atoms with Crippen LogP contribution in [0.1, 0.15) is 22.8 Å². The van der Waals surface area contributed by atoms with E-state index in [1.54, 1.807) is 25.4 Å². The van der Waals surface area contributed by atoms with Gasteiger partial charge in [0.1, 0.15) is 5.52 Å². The van der Waals surface area contributed by atoms with Gasteiger partial charge in [0.2, 0.25) is 0 Å². The van der Waals surface area contributed by atoms with Crippen molar-refractivity contribution in [3.05, 3.63) is 72.1 Å². The molecule has 0 atom stereocenters. The molecule has 0 unspecified atom stereocenters. The van der Waals surface area contributed by atoms with Gasteiger partial charge in [-0.3, -0.25) is 4.79 Å². The van der Waals surface area contributed by atoms with Gasteiger partial charge in [-0.05, 0) is 18.6 Å². The number of Topliss-reactive ketones (excluding diaryl/α,β-unsaturated/α-hetero) is 1. The van der Waals surface area contributed by atoms with Crippen molar-refractivity contribution in [2.24, 2.45) is 0 Å². The summed E-state index contributed by atoms with van der Waals surface area (Å²) in [4.78, 5) is 28.2. The van der Waals surface area contributed by atoms with E-state index >= 15 is 0 Å². The molecule has 0 spiro atoms. The number of benzene rings is 2. The first kappa shape index (κ1) is 16.0. The minimum Gasteiger partial charge on any atom is -0.364 e. The van der Waals surface area contributed by atoms with Crippen LogP contribution in [0.15, 0.2) is 60.9 Å². The second kappa shape index (κ2) is 6.76. The number of fused-ring (bicyclic) bond motifs is 1. The molecule has 6 heteroatoms. The van der Waals surface area contributed by atoms with Crippen LogP contribution in [0.2, 0.25) is 0 Å². The number of H-pyrrole nitrogens is 1. The monoisotopic (exact) mass is 343 g/mol. The molecule has 4 rings (SSSR count). The summed E-state index contributed by atoms with van der Waals surface area (Å²) < 4.78 is 0. The third kappa shape index (κ3) is 3.17. The molecule has 2 aromatic carbocycles. The highest BCUT2D eigenvalue weighted by Crippen LogP contribution is 2.24. The minimum absolute atomic E-state index is 0.00937. The van der Waals surface area contributed by atoms with Crippen LogP contribution < -0.4 is 5.32 Å². The fraction of sp³-hybridized carbons (Fsp3) is 0.100. The molecule has 0 aliphatic rings. The summed E-state index contributed by atoms with van der Waals surface area (Å²) >= 11 is 0. The summed E-state index contributed by atoms with van der Waals surface area (Å²) in [6, 6.07) is 17.4. The predicted molar refractivity (Wildman–Crippen MR) is 101 cm³/mol. The first-order valence-electron chi connectivity index (χ1n) is 8.31. The molecule has 6 nitrogen and oxygen atoms in total. The van der Waals surface area contributed by atoms with Gasteiger partial charge in [-0.1, -0.05) is 48.5 Å². The molecular weight excluding hydrogens is 326 g/mol. The van der Waals surface area contributed by atoms with E-state index in [4.69, 9.17) is 0 Å². The normalized spacial score (nSPS) is 10.8. The van der Waals surface area contributed by atoms with Crippen molar-refractivity contribution in [1.29, 1.82) is 0 Å². The Labute approximate surface area is 150 Å². The second-order valence-electron chi connectivity index (χ2n) is 5.97. The van der Waals surface area contributed by atoms with E-state index in [0.29, 0.717) is 29.4 Å². The lowest BCUT2D eigenvalue weighted by atomic mass is 10.1. The molecule has 0 saturated carbocycles. The van der Waals surface area contributed by atoms with E-state index in [9.17, 15) is 4.79 Å². The lowest BCUT2D eigenvalue weighted by Crippen LogP contribution is -2.04. The van der Waals surface area contributed by atoms with Crippen molar-refractivity contribution in [3.8, 4) is 11.4 Å². The molecule has 0 radical (unpaired) electrons. The fourth-order valence-corrected chi connectivity index (χ4v) is 2.75. The van der Waals surface area contributed by atoms with Crippen LogP contribution in [0.5, 0.6) is 0 Å². The number of ketones is 1. The third-order valence-electron chi connectivity index (χ3n) is 4.12. The number of nitrogens with zero attached hydrogens (tertiary/aromatic N) is 3. The lowest BCUT2D eigenvalue weighted by molar-refractivity contribution is 0.101. The number of hydrogen-bond acceptors (Lipinski definition) is 5. The van der Waals surface area contributed by atoms with Gasteiger partial charge in [0.25, 0.3) is 0 Å². The van der Waals surface area contributed by atoms with Gasteiger partial charge in [-0.2, -0.15) is 0 Å². The Hall–Kier alpha value is -3.54. The van der Waals surface area contributed by atoms with Crippen molar-refractivity contribution in [3.63, 3.8) is 0 Å². The SMILES string of the molecule is CC(=O)c1cccc(-c2nc(NCc3ccccc3)c3[nH]cnc3n2)c1. The van der Waals surface area contributed by atoms with E-state index in [0.717, 1.165) is 16.6 Å². The highest BCUT2D eigenvalue weighted by atomic mass is 16.1. The topological polar surface area (TPSA) is 83.6 Å². The third-order valence-corrected chi connectivity index (χ3v) is 4.12. The van der Waals surface area contributed by atoms with Crippen LogP contribution >= 0.6 is 0 Å². The van der Waals surface area contributed by atoms with Crippen LogP contribution in [0, 0.1) is 0 Å². The van der Waals surface area contributed by atoms with Crippen molar-refractivity contribution < 1.29 is 4.79 Å². The molecule has 0 saturated heterocycles. The maximum absolute atomic E-state index is 11.7. The minimum atomic E-state index is 0.00937. The predicted octanol–water partition coefficient (Wildman–Crippen LogP) is 3.83. The number of carbonyl (C=O) groups is 1. The molecular formula is C20H17N5O. The van der Waals surface area contributed by atoms with Gasteiger partial charge < -0.3 is 10.3 Å². The summed E-state index contributed by atoms with van der Waals surface area (Å²) in [6.45, 7) is 2.18. The van der Waals surface area contributed by atoms with Crippen molar-refractivity contribution in [1.82, 2.24) is 19.9 Å². The van der Waals surface area contributed by atoms with Gasteiger partial charge in [0.15, 0.2) is 23.1 Å². The zero-order valence-corrected chi connectivity index (χ0v) is 14.2. The number of aromatic amines is 1. The second-order valence-corrected chi connectivity index (χ2v) is 5.97. The Morgan fingerprint density at radius 1 is 1.08 bits per heavy atom. The van der Waals surface area contributed by atoms with Crippen LogP contribution in [-0.4, -0.2) is 25.7 Å². The number of nitrogens with one attached hydrogen (secondary N) is 2. The zero-order valence-electron chi connectivity index (χ0n) is 14.2. The first-order valence-corrected chi connectivity index (χ1v) is 8.31. The summed E-state index contributed by atoms with van der Waals surface area (Å²) in [7, 11) is 0. The maximum Gasteiger partial charge on any atom is 0.183 e. The number of imidazole rings is 1. The molecule has 128 valence electrons. The fourth-order valence-electron chi connectivity index (χ4n) is 2.75. The summed E-state index contributed by atoms with van der Waals surface area (Å²) in [5.74, 6) is 1.22. The van der Waals surface area contributed by atoms with E-state index in [1.807, 2.05) is 30.3 Å². The van der Waals surface area contributed by atoms with E-state index < -0.39 is 0 Å². The number of carbonyl (C=O) groups excluding carboxylic acids is 1. The summed E-state index contributed by atoms with van der Waals surface area (Å²) in [5, 5.41) is 3.35. The Morgan fingerprint density at radius 2 is 1.92 bits per heavy atom. The average Bonchev–Trinajstić information content (AvgIpc) is 3.16. The molecule has 0 bridgehead atoms. The van der Waals surface area contributed by atoms with E-state index in [-0.39, 0.29) is 5.78 Å².